The number of aryl methyl sites for hydroxylation is 1. The highest BCUT2D eigenvalue weighted by Crippen LogP contribution is 2.32. The molecule has 0 saturated carbocycles. The Morgan fingerprint density at radius 3 is 2.76 bits per heavy atom. The number of fused-ring (bicyclic) bond motifs is 1. The highest BCUT2D eigenvalue weighted by Gasteiger charge is 2.37. The second-order valence-corrected chi connectivity index (χ2v) is 5.61. The maximum Gasteiger partial charge on any atom is 0.492 e. The van der Waals surface area contributed by atoms with Crippen LogP contribution in [0.2, 0.25) is 0 Å². The molecule has 0 amide bonds. The number of ether oxygens (including phenoxy) is 1. The first kappa shape index (κ1) is 16.9. The second kappa shape index (κ2) is 6.54. The summed E-state index contributed by atoms with van der Waals surface area (Å²) in [6, 6.07) is 5.82. The third-order valence-electron chi connectivity index (χ3n) is 3.84. The number of carboxylic acids is 2. The SMILES string of the molecule is Cc1cc(Oc2cc(C(=O)O)ccn2)cc2c1C(CC(=O)O)OB2O. The summed E-state index contributed by atoms with van der Waals surface area (Å²) in [4.78, 5) is 25.9. The second-order valence-electron chi connectivity index (χ2n) is 5.61. The lowest BCUT2D eigenvalue weighted by Crippen LogP contribution is -2.28. The van der Waals surface area contributed by atoms with Crippen LogP contribution in [0.1, 0.15) is 34.0 Å². The number of rotatable bonds is 5. The number of aromatic carboxylic acids is 1. The fraction of sp³-hybridized carbons (Fsp3) is 0.188. The summed E-state index contributed by atoms with van der Waals surface area (Å²) >= 11 is 0. The molecule has 0 saturated heterocycles. The number of hydrogen-bond donors (Lipinski definition) is 3. The summed E-state index contributed by atoms with van der Waals surface area (Å²) in [5, 5.41) is 28.0. The molecule has 3 rings (SSSR count). The predicted molar refractivity (Wildman–Crippen MR) is 86.1 cm³/mol. The van der Waals surface area contributed by atoms with E-state index in [1.54, 1.807) is 13.0 Å². The Kier molecular flexibility index (Phi) is 4.43. The first-order chi connectivity index (χ1) is 11.8. The van der Waals surface area contributed by atoms with Gasteiger partial charge in [-0.05, 0) is 41.7 Å². The lowest BCUT2D eigenvalue weighted by atomic mass is 9.77. The molecule has 9 heteroatoms. The largest absolute Gasteiger partial charge is 0.492 e. The van der Waals surface area contributed by atoms with Gasteiger partial charge in [0.15, 0.2) is 0 Å². The van der Waals surface area contributed by atoms with Gasteiger partial charge in [-0.2, -0.15) is 0 Å². The van der Waals surface area contributed by atoms with E-state index in [4.69, 9.17) is 19.6 Å². The van der Waals surface area contributed by atoms with Gasteiger partial charge in [-0.25, -0.2) is 9.78 Å². The van der Waals surface area contributed by atoms with Gasteiger partial charge in [0, 0.05) is 12.3 Å². The van der Waals surface area contributed by atoms with E-state index < -0.39 is 25.2 Å². The monoisotopic (exact) mass is 343 g/mol. The van der Waals surface area contributed by atoms with Crippen molar-refractivity contribution in [3.8, 4) is 11.6 Å². The van der Waals surface area contributed by atoms with E-state index in [9.17, 15) is 14.6 Å². The quantitative estimate of drug-likeness (QED) is 0.690. The first-order valence-corrected chi connectivity index (χ1v) is 7.42. The van der Waals surface area contributed by atoms with Crippen LogP contribution in [0.25, 0.3) is 0 Å². The van der Waals surface area contributed by atoms with Crippen LogP contribution in [0.5, 0.6) is 11.6 Å². The van der Waals surface area contributed by atoms with E-state index in [1.807, 2.05) is 0 Å². The number of carbonyl (C=O) groups is 2. The Bertz CT molecular complexity index is 854. The summed E-state index contributed by atoms with van der Waals surface area (Å²) in [6.45, 7) is 1.75. The van der Waals surface area contributed by atoms with E-state index in [2.05, 4.69) is 4.98 Å². The molecule has 128 valence electrons. The van der Waals surface area contributed by atoms with Crippen molar-refractivity contribution in [2.24, 2.45) is 0 Å². The first-order valence-electron chi connectivity index (χ1n) is 7.42. The van der Waals surface area contributed by atoms with Crippen molar-refractivity contribution >= 4 is 24.5 Å². The van der Waals surface area contributed by atoms with Crippen LogP contribution in [-0.2, 0) is 9.45 Å². The van der Waals surface area contributed by atoms with E-state index >= 15 is 0 Å². The maximum absolute atomic E-state index is 11.0. The molecular weight excluding hydrogens is 329 g/mol. The van der Waals surface area contributed by atoms with Crippen molar-refractivity contribution < 1.29 is 34.2 Å². The van der Waals surface area contributed by atoms with Crippen molar-refractivity contribution in [1.82, 2.24) is 4.98 Å². The zero-order valence-corrected chi connectivity index (χ0v) is 13.2. The molecule has 3 N–H and O–H groups in total. The standard InChI is InChI=1S/C16H14BNO7/c1-8-4-10(24-13-5-9(16(21)22)2-3-18-13)6-11-15(8)12(7-14(19)20)25-17(11)23/h2-6,12,23H,7H2,1H3,(H,19,20)(H,21,22). The molecule has 0 fully saturated rings. The predicted octanol–water partition coefficient (Wildman–Crippen LogP) is 1.11. The van der Waals surface area contributed by atoms with Crippen LogP contribution < -0.4 is 10.2 Å². The van der Waals surface area contributed by atoms with E-state index in [0.29, 0.717) is 22.3 Å². The summed E-state index contributed by atoms with van der Waals surface area (Å²) in [7, 11) is -1.25. The summed E-state index contributed by atoms with van der Waals surface area (Å²) < 4.78 is 10.9. The highest BCUT2D eigenvalue weighted by molar-refractivity contribution is 6.62. The van der Waals surface area contributed by atoms with Gasteiger partial charge in [0.2, 0.25) is 5.88 Å². The van der Waals surface area contributed by atoms with Gasteiger partial charge in [-0.3, -0.25) is 4.79 Å². The minimum atomic E-state index is -1.25. The van der Waals surface area contributed by atoms with E-state index in [0.717, 1.165) is 0 Å². The van der Waals surface area contributed by atoms with Crippen LogP contribution in [0.3, 0.4) is 0 Å². The van der Waals surface area contributed by atoms with Gasteiger partial charge in [0.1, 0.15) is 5.75 Å². The van der Waals surface area contributed by atoms with Crippen LogP contribution >= 0.6 is 0 Å². The normalized spacial score (nSPS) is 15.8. The van der Waals surface area contributed by atoms with Gasteiger partial charge in [0.05, 0.1) is 18.1 Å². The third kappa shape index (κ3) is 3.47. The lowest BCUT2D eigenvalue weighted by Gasteiger charge is -2.13. The zero-order valence-electron chi connectivity index (χ0n) is 13.2. The molecule has 1 aliphatic rings. The van der Waals surface area contributed by atoms with E-state index in [-0.39, 0.29) is 17.9 Å². The van der Waals surface area contributed by atoms with Crippen LogP contribution in [0, 0.1) is 6.92 Å². The molecular formula is C16H14BNO7. The number of carboxylic acid groups (broad SMARTS) is 2. The molecule has 2 aromatic rings. The molecule has 0 radical (unpaired) electrons. The number of hydrogen-bond acceptors (Lipinski definition) is 6. The molecule has 1 aromatic heterocycles. The molecule has 1 aliphatic heterocycles. The van der Waals surface area contributed by atoms with Crippen LogP contribution in [0.4, 0.5) is 0 Å². The summed E-state index contributed by atoms with van der Waals surface area (Å²) in [6.07, 6.45) is 0.331. The number of aromatic nitrogens is 1. The van der Waals surface area contributed by atoms with Crippen molar-refractivity contribution in [2.75, 3.05) is 0 Å². The average Bonchev–Trinajstić information content (AvgIpc) is 2.83. The Morgan fingerprint density at radius 2 is 2.08 bits per heavy atom. The molecule has 2 heterocycles. The van der Waals surface area contributed by atoms with Gasteiger partial charge in [0.25, 0.3) is 0 Å². The van der Waals surface area contributed by atoms with Crippen molar-refractivity contribution in [2.45, 2.75) is 19.4 Å². The fourth-order valence-corrected chi connectivity index (χ4v) is 2.82. The van der Waals surface area contributed by atoms with Gasteiger partial charge in [-0.15, -0.1) is 0 Å². The van der Waals surface area contributed by atoms with Crippen LogP contribution in [-0.4, -0.2) is 39.3 Å². The molecule has 1 aromatic carbocycles. The number of benzene rings is 1. The topological polar surface area (TPSA) is 126 Å². The van der Waals surface area contributed by atoms with Gasteiger partial charge in [-0.1, -0.05) is 0 Å². The molecule has 1 atom stereocenters. The molecule has 0 bridgehead atoms. The Balaban J connectivity index is 1.92. The van der Waals surface area contributed by atoms with Gasteiger partial charge >= 0.3 is 19.1 Å². The van der Waals surface area contributed by atoms with Gasteiger partial charge < -0.3 is 24.6 Å². The van der Waals surface area contributed by atoms with Crippen molar-refractivity contribution in [1.29, 1.82) is 0 Å². The van der Waals surface area contributed by atoms with Crippen molar-refractivity contribution in [3.05, 3.63) is 47.2 Å². The maximum atomic E-state index is 11.0. The highest BCUT2D eigenvalue weighted by atomic mass is 16.5. The fourth-order valence-electron chi connectivity index (χ4n) is 2.82. The third-order valence-corrected chi connectivity index (χ3v) is 3.84. The molecule has 0 aliphatic carbocycles. The lowest BCUT2D eigenvalue weighted by molar-refractivity contribution is -0.138. The molecule has 0 spiro atoms. The van der Waals surface area contributed by atoms with E-state index in [1.165, 1.54) is 24.4 Å². The van der Waals surface area contributed by atoms with Crippen LogP contribution in [0.15, 0.2) is 30.5 Å². The molecule has 25 heavy (non-hydrogen) atoms. The summed E-state index contributed by atoms with van der Waals surface area (Å²) in [5.74, 6) is -1.70. The number of aliphatic carboxylic acids is 1. The van der Waals surface area contributed by atoms with Crippen molar-refractivity contribution in [3.63, 3.8) is 0 Å². The molecule has 8 nitrogen and oxygen atoms in total. The molecule has 1 unspecified atom stereocenters. The summed E-state index contributed by atoms with van der Waals surface area (Å²) in [5.41, 5.74) is 1.78. The number of pyridine rings is 1. The average molecular weight is 343 g/mol. The Morgan fingerprint density at radius 1 is 1.32 bits per heavy atom. The Hall–Kier alpha value is -2.91. The minimum Gasteiger partial charge on any atom is -0.481 e. The minimum absolute atomic E-state index is 0.0350. The zero-order chi connectivity index (χ0) is 18.1. The Labute approximate surface area is 142 Å². The number of nitrogens with zero attached hydrogens (tertiary/aromatic N) is 1. The smallest absolute Gasteiger partial charge is 0.481 e.